The standard InChI is InChI=1S/C12H16N2O3/c1-7(13)12(16)10-5-4-9(17-3)6-11(10)14-8(2)15/h4-7H,13H2,1-3H3,(H,14,15). The molecule has 0 saturated heterocycles. The van der Waals surface area contributed by atoms with Crippen molar-refractivity contribution in [3.8, 4) is 5.75 Å². The lowest BCUT2D eigenvalue weighted by molar-refractivity contribution is -0.114. The van der Waals surface area contributed by atoms with E-state index in [4.69, 9.17) is 10.5 Å². The second kappa shape index (κ2) is 5.45. The predicted octanol–water partition coefficient (Wildman–Crippen LogP) is 1.18. The molecule has 0 aromatic heterocycles. The maximum atomic E-state index is 11.8. The molecule has 0 heterocycles. The Hall–Kier alpha value is -1.88. The van der Waals surface area contributed by atoms with Crippen molar-refractivity contribution in [1.29, 1.82) is 0 Å². The van der Waals surface area contributed by atoms with E-state index in [1.165, 1.54) is 14.0 Å². The Morgan fingerprint density at radius 3 is 2.53 bits per heavy atom. The monoisotopic (exact) mass is 236 g/mol. The van der Waals surface area contributed by atoms with Crippen LogP contribution < -0.4 is 15.8 Å². The first-order valence-corrected chi connectivity index (χ1v) is 5.21. The van der Waals surface area contributed by atoms with Crippen molar-refractivity contribution < 1.29 is 14.3 Å². The number of nitrogens with two attached hydrogens (primary N) is 1. The topological polar surface area (TPSA) is 81.4 Å². The molecular weight excluding hydrogens is 220 g/mol. The molecule has 0 aliphatic carbocycles. The highest BCUT2D eigenvalue weighted by atomic mass is 16.5. The summed E-state index contributed by atoms with van der Waals surface area (Å²) in [5.41, 5.74) is 6.35. The van der Waals surface area contributed by atoms with E-state index in [2.05, 4.69) is 5.32 Å². The lowest BCUT2D eigenvalue weighted by Crippen LogP contribution is -2.27. The first kappa shape index (κ1) is 13.2. The van der Waals surface area contributed by atoms with Crippen molar-refractivity contribution >= 4 is 17.4 Å². The van der Waals surface area contributed by atoms with Gasteiger partial charge in [-0.05, 0) is 19.1 Å². The van der Waals surface area contributed by atoms with Gasteiger partial charge in [-0.25, -0.2) is 0 Å². The smallest absolute Gasteiger partial charge is 0.221 e. The lowest BCUT2D eigenvalue weighted by atomic mass is 10.0. The minimum absolute atomic E-state index is 0.226. The summed E-state index contributed by atoms with van der Waals surface area (Å²) < 4.78 is 5.04. The van der Waals surface area contributed by atoms with E-state index < -0.39 is 6.04 Å². The summed E-state index contributed by atoms with van der Waals surface area (Å²) in [5, 5.41) is 2.59. The lowest BCUT2D eigenvalue weighted by Gasteiger charge is -2.12. The highest BCUT2D eigenvalue weighted by Gasteiger charge is 2.16. The Labute approximate surface area is 99.9 Å². The van der Waals surface area contributed by atoms with Crippen molar-refractivity contribution in [2.45, 2.75) is 19.9 Å². The second-order valence-corrected chi connectivity index (χ2v) is 3.75. The summed E-state index contributed by atoms with van der Waals surface area (Å²) in [6, 6.07) is 4.23. The van der Waals surface area contributed by atoms with Crippen molar-refractivity contribution in [3.05, 3.63) is 23.8 Å². The highest BCUT2D eigenvalue weighted by molar-refractivity contribution is 6.07. The van der Waals surface area contributed by atoms with Crippen LogP contribution in [0.4, 0.5) is 5.69 Å². The number of methoxy groups -OCH3 is 1. The maximum Gasteiger partial charge on any atom is 0.221 e. The molecule has 0 spiro atoms. The zero-order valence-corrected chi connectivity index (χ0v) is 10.1. The summed E-state index contributed by atoms with van der Waals surface area (Å²) in [6.45, 7) is 2.98. The Balaban J connectivity index is 3.19. The summed E-state index contributed by atoms with van der Waals surface area (Å²) in [5.74, 6) is 0.0864. The van der Waals surface area contributed by atoms with Crippen molar-refractivity contribution in [3.63, 3.8) is 0 Å². The molecule has 0 aliphatic rings. The third kappa shape index (κ3) is 3.29. The van der Waals surface area contributed by atoms with Crippen LogP contribution in [0.3, 0.4) is 0 Å². The van der Waals surface area contributed by atoms with Crippen LogP contribution >= 0.6 is 0 Å². The zero-order valence-electron chi connectivity index (χ0n) is 10.1. The average molecular weight is 236 g/mol. The number of rotatable bonds is 4. The number of ether oxygens (including phenoxy) is 1. The quantitative estimate of drug-likeness (QED) is 0.769. The molecule has 1 rings (SSSR count). The summed E-state index contributed by atoms with van der Waals surface area (Å²) >= 11 is 0. The van der Waals surface area contributed by atoms with Gasteiger partial charge in [0.15, 0.2) is 5.78 Å². The van der Waals surface area contributed by atoms with Gasteiger partial charge in [-0.15, -0.1) is 0 Å². The van der Waals surface area contributed by atoms with E-state index in [0.717, 1.165) is 0 Å². The molecule has 1 amide bonds. The van der Waals surface area contributed by atoms with Crippen molar-refractivity contribution in [2.24, 2.45) is 5.73 Å². The fraction of sp³-hybridized carbons (Fsp3) is 0.333. The number of benzene rings is 1. The molecule has 0 fully saturated rings. The molecule has 5 nitrogen and oxygen atoms in total. The number of nitrogens with one attached hydrogen (secondary N) is 1. The van der Waals surface area contributed by atoms with Gasteiger partial charge in [0.2, 0.25) is 5.91 Å². The molecule has 0 radical (unpaired) electrons. The molecule has 3 N–H and O–H groups in total. The molecule has 0 aliphatic heterocycles. The third-order valence-electron chi connectivity index (χ3n) is 2.22. The van der Waals surface area contributed by atoms with Crippen LogP contribution in [0.5, 0.6) is 5.75 Å². The van der Waals surface area contributed by atoms with Gasteiger partial charge in [0.05, 0.1) is 18.8 Å². The number of hydrogen-bond acceptors (Lipinski definition) is 4. The fourth-order valence-corrected chi connectivity index (χ4v) is 1.40. The fourth-order valence-electron chi connectivity index (χ4n) is 1.40. The third-order valence-corrected chi connectivity index (χ3v) is 2.22. The normalized spacial score (nSPS) is 11.8. The van der Waals surface area contributed by atoms with E-state index in [1.54, 1.807) is 25.1 Å². The van der Waals surface area contributed by atoms with Crippen molar-refractivity contribution in [2.75, 3.05) is 12.4 Å². The van der Waals surface area contributed by atoms with E-state index in [1.807, 2.05) is 0 Å². The first-order chi connectivity index (χ1) is 7.95. The highest BCUT2D eigenvalue weighted by Crippen LogP contribution is 2.23. The number of Topliss-reactive ketones (excluding diaryl/α,β-unsaturated/α-hetero) is 1. The van der Waals surface area contributed by atoms with Crippen molar-refractivity contribution in [1.82, 2.24) is 0 Å². The Bertz CT molecular complexity index is 441. The van der Waals surface area contributed by atoms with Gasteiger partial charge in [-0.1, -0.05) is 0 Å². The largest absolute Gasteiger partial charge is 0.497 e. The van der Waals surface area contributed by atoms with Gasteiger partial charge in [-0.3, -0.25) is 9.59 Å². The Kier molecular flexibility index (Phi) is 4.23. The molecule has 5 heteroatoms. The van der Waals surface area contributed by atoms with Crippen LogP contribution in [-0.4, -0.2) is 24.8 Å². The van der Waals surface area contributed by atoms with Gasteiger partial charge in [-0.2, -0.15) is 0 Å². The van der Waals surface area contributed by atoms with Crippen LogP contribution in [0.1, 0.15) is 24.2 Å². The van der Waals surface area contributed by atoms with Crippen LogP contribution in [0.25, 0.3) is 0 Å². The zero-order chi connectivity index (χ0) is 13.0. The molecule has 92 valence electrons. The first-order valence-electron chi connectivity index (χ1n) is 5.21. The minimum Gasteiger partial charge on any atom is -0.497 e. The van der Waals surface area contributed by atoms with Gasteiger partial charge in [0, 0.05) is 18.6 Å². The van der Waals surface area contributed by atoms with E-state index in [-0.39, 0.29) is 11.7 Å². The second-order valence-electron chi connectivity index (χ2n) is 3.75. The van der Waals surface area contributed by atoms with Crippen LogP contribution in [0.2, 0.25) is 0 Å². The van der Waals surface area contributed by atoms with E-state index >= 15 is 0 Å². The number of amides is 1. The summed E-state index contributed by atoms with van der Waals surface area (Å²) in [6.07, 6.45) is 0. The van der Waals surface area contributed by atoms with Gasteiger partial charge in [0.1, 0.15) is 5.75 Å². The summed E-state index contributed by atoms with van der Waals surface area (Å²) in [4.78, 5) is 22.9. The molecule has 1 aromatic carbocycles. The average Bonchev–Trinajstić information content (AvgIpc) is 2.27. The maximum absolute atomic E-state index is 11.8. The number of ketones is 1. The van der Waals surface area contributed by atoms with E-state index in [0.29, 0.717) is 17.0 Å². The number of hydrogen-bond donors (Lipinski definition) is 2. The summed E-state index contributed by atoms with van der Waals surface area (Å²) in [7, 11) is 1.51. The van der Waals surface area contributed by atoms with Crippen LogP contribution in [0, 0.1) is 0 Å². The van der Waals surface area contributed by atoms with Gasteiger partial charge >= 0.3 is 0 Å². The van der Waals surface area contributed by atoms with Crippen LogP contribution in [-0.2, 0) is 4.79 Å². The SMILES string of the molecule is COc1ccc(C(=O)C(C)N)c(NC(C)=O)c1. The molecule has 17 heavy (non-hydrogen) atoms. The number of carbonyl (C=O) groups is 2. The van der Waals surface area contributed by atoms with Gasteiger partial charge in [0.25, 0.3) is 0 Å². The Morgan fingerprint density at radius 1 is 1.41 bits per heavy atom. The molecular formula is C12H16N2O3. The van der Waals surface area contributed by atoms with Crippen LogP contribution in [0.15, 0.2) is 18.2 Å². The molecule has 1 unspecified atom stereocenters. The predicted molar refractivity (Wildman–Crippen MR) is 65.3 cm³/mol. The van der Waals surface area contributed by atoms with Gasteiger partial charge < -0.3 is 15.8 Å². The Morgan fingerprint density at radius 2 is 2.06 bits per heavy atom. The molecule has 0 saturated carbocycles. The molecule has 1 aromatic rings. The number of anilines is 1. The minimum atomic E-state index is -0.615. The number of carbonyl (C=O) groups excluding carboxylic acids is 2. The molecule has 1 atom stereocenters. The van der Waals surface area contributed by atoms with E-state index in [9.17, 15) is 9.59 Å². The molecule has 0 bridgehead atoms.